The van der Waals surface area contributed by atoms with Crippen molar-refractivity contribution in [3.63, 3.8) is 0 Å². The highest BCUT2D eigenvalue weighted by atomic mass is 32.2. The fourth-order valence-corrected chi connectivity index (χ4v) is 5.12. The van der Waals surface area contributed by atoms with Gasteiger partial charge >= 0.3 is 0 Å². The number of carbonyl (C=O) groups excluding carboxylic acids is 2. The number of hydrogen-bond acceptors (Lipinski definition) is 5. The number of rotatable bonds is 6. The van der Waals surface area contributed by atoms with Gasteiger partial charge < -0.3 is 15.1 Å². The first-order valence-electron chi connectivity index (χ1n) is 10.0. The fraction of sp³-hybridized carbons (Fsp3) is 0.600. The summed E-state index contributed by atoms with van der Waals surface area (Å²) in [4.78, 5) is 28.5. The van der Waals surface area contributed by atoms with Crippen LogP contribution in [0.4, 0.5) is 0 Å². The van der Waals surface area contributed by atoms with Gasteiger partial charge in [0.2, 0.25) is 21.8 Å². The van der Waals surface area contributed by atoms with Gasteiger partial charge in [-0.3, -0.25) is 9.59 Å². The predicted octanol–water partition coefficient (Wildman–Crippen LogP) is 0.496. The lowest BCUT2D eigenvalue weighted by atomic mass is 10.1. The number of piperazine rings is 1. The van der Waals surface area contributed by atoms with Gasteiger partial charge in [-0.2, -0.15) is 4.31 Å². The zero-order valence-corrected chi connectivity index (χ0v) is 18.1. The molecule has 1 N–H and O–H groups in total. The number of hydrogen-bond donors (Lipinski definition) is 1. The predicted molar refractivity (Wildman–Crippen MR) is 110 cm³/mol. The molecule has 29 heavy (non-hydrogen) atoms. The molecule has 2 amide bonds. The van der Waals surface area contributed by atoms with Gasteiger partial charge in [-0.25, -0.2) is 8.42 Å². The lowest BCUT2D eigenvalue weighted by molar-refractivity contribution is -0.130. The van der Waals surface area contributed by atoms with E-state index in [-0.39, 0.29) is 35.1 Å². The summed E-state index contributed by atoms with van der Waals surface area (Å²) in [7, 11) is -1.51. The van der Waals surface area contributed by atoms with E-state index in [1.165, 1.54) is 4.31 Å². The number of amides is 2. The molecule has 0 bridgehead atoms. The Bertz CT molecular complexity index is 846. The van der Waals surface area contributed by atoms with Crippen LogP contribution in [0.25, 0.3) is 0 Å². The summed E-state index contributed by atoms with van der Waals surface area (Å²) >= 11 is 0. The van der Waals surface area contributed by atoms with Crippen LogP contribution >= 0.6 is 0 Å². The maximum absolute atomic E-state index is 12.8. The lowest BCUT2D eigenvalue weighted by Crippen LogP contribution is -2.47. The molecule has 0 radical (unpaired) electrons. The molecule has 1 atom stereocenters. The molecule has 0 aromatic heterocycles. The van der Waals surface area contributed by atoms with E-state index in [1.54, 1.807) is 29.2 Å². The Labute approximate surface area is 172 Å². The summed E-state index contributed by atoms with van der Waals surface area (Å²) in [6, 6.07) is 6.73. The van der Waals surface area contributed by atoms with E-state index in [0.29, 0.717) is 26.2 Å². The van der Waals surface area contributed by atoms with E-state index >= 15 is 0 Å². The van der Waals surface area contributed by atoms with Crippen LogP contribution in [0, 0.1) is 5.92 Å². The highest BCUT2D eigenvalue weighted by Gasteiger charge is 2.35. The molecule has 1 aromatic carbocycles. The average molecular weight is 423 g/mol. The van der Waals surface area contributed by atoms with Crippen molar-refractivity contribution >= 4 is 21.8 Å². The molecule has 0 spiro atoms. The zero-order valence-electron chi connectivity index (χ0n) is 17.3. The number of carbonyl (C=O) groups is 2. The molecule has 2 aliphatic heterocycles. The van der Waals surface area contributed by atoms with Gasteiger partial charge in [0.25, 0.3) is 0 Å². The van der Waals surface area contributed by atoms with Crippen molar-refractivity contribution in [3.05, 3.63) is 29.8 Å². The van der Waals surface area contributed by atoms with Crippen LogP contribution < -0.4 is 5.32 Å². The molecule has 2 heterocycles. The maximum Gasteiger partial charge on any atom is 0.243 e. The fourth-order valence-electron chi connectivity index (χ4n) is 3.70. The lowest BCUT2D eigenvalue weighted by Gasteiger charge is -2.31. The summed E-state index contributed by atoms with van der Waals surface area (Å²) in [5.41, 5.74) is 0.820. The molecule has 9 heteroatoms. The van der Waals surface area contributed by atoms with Gasteiger partial charge in [0.1, 0.15) is 0 Å². The van der Waals surface area contributed by atoms with Crippen molar-refractivity contribution in [2.75, 3.05) is 39.8 Å². The number of benzene rings is 1. The zero-order chi connectivity index (χ0) is 21.2. The number of sulfonamides is 1. The van der Waals surface area contributed by atoms with Gasteiger partial charge in [-0.1, -0.05) is 12.1 Å². The van der Waals surface area contributed by atoms with Crippen LogP contribution in [0.2, 0.25) is 0 Å². The minimum absolute atomic E-state index is 0.0126. The minimum Gasteiger partial charge on any atom is -0.352 e. The SMILES string of the molecule is CC(C)N1CC(C(=O)NCc2ccc(S(=O)(=O)N3CCN(C)CC3)cc2)CC1=O. The van der Waals surface area contributed by atoms with E-state index in [4.69, 9.17) is 0 Å². The minimum atomic E-state index is -3.49. The van der Waals surface area contributed by atoms with Crippen LogP contribution in [0.15, 0.2) is 29.2 Å². The Morgan fingerprint density at radius 1 is 1.14 bits per heavy atom. The summed E-state index contributed by atoms with van der Waals surface area (Å²) in [6.45, 7) is 7.06. The van der Waals surface area contributed by atoms with Crippen LogP contribution in [0.5, 0.6) is 0 Å². The largest absolute Gasteiger partial charge is 0.352 e. The monoisotopic (exact) mass is 422 g/mol. The second-order valence-corrected chi connectivity index (χ2v) is 10.0. The Kier molecular flexibility index (Phi) is 6.60. The quantitative estimate of drug-likeness (QED) is 0.721. The molecule has 2 aliphatic rings. The highest BCUT2D eigenvalue weighted by Crippen LogP contribution is 2.21. The van der Waals surface area contributed by atoms with Crippen molar-refractivity contribution in [1.82, 2.24) is 19.4 Å². The third kappa shape index (κ3) is 4.96. The molecule has 0 aliphatic carbocycles. The van der Waals surface area contributed by atoms with Gasteiger partial charge in [0, 0.05) is 51.7 Å². The second kappa shape index (κ2) is 8.81. The Morgan fingerprint density at radius 3 is 2.31 bits per heavy atom. The first kappa shape index (κ1) is 21.7. The van der Waals surface area contributed by atoms with Crippen LogP contribution in [-0.4, -0.2) is 80.2 Å². The molecule has 2 saturated heterocycles. The molecule has 1 aromatic rings. The summed E-state index contributed by atoms with van der Waals surface area (Å²) < 4.78 is 27.0. The molecule has 0 saturated carbocycles. The molecular formula is C20H30N4O4S. The number of nitrogens with zero attached hydrogens (tertiary/aromatic N) is 3. The summed E-state index contributed by atoms with van der Waals surface area (Å²) in [6.07, 6.45) is 0.242. The highest BCUT2D eigenvalue weighted by molar-refractivity contribution is 7.89. The van der Waals surface area contributed by atoms with Crippen molar-refractivity contribution in [3.8, 4) is 0 Å². The normalized spacial score (nSPS) is 21.7. The van der Waals surface area contributed by atoms with Crippen molar-refractivity contribution in [2.24, 2.45) is 5.92 Å². The Balaban J connectivity index is 1.56. The molecule has 8 nitrogen and oxygen atoms in total. The second-order valence-electron chi connectivity index (χ2n) is 8.11. The number of likely N-dealkylation sites (N-methyl/N-ethyl adjacent to an activating group) is 1. The molecule has 2 fully saturated rings. The Morgan fingerprint density at radius 2 is 1.76 bits per heavy atom. The van der Waals surface area contributed by atoms with Gasteiger partial charge in [0.15, 0.2) is 0 Å². The van der Waals surface area contributed by atoms with Crippen molar-refractivity contribution in [1.29, 1.82) is 0 Å². The van der Waals surface area contributed by atoms with Crippen LogP contribution in [-0.2, 0) is 26.2 Å². The standard InChI is InChI=1S/C20H30N4O4S/c1-15(2)24-14-17(12-19(24)25)20(26)21-13-16-4-6-18(7-5-16)29(27,28)23-10-8-22(3)9-11-23/h4-7,15,17H,8-14H2,1-3H3,(H,21,26). The summed E-state index contributed by atoms with van der Waals surface area (Å²) in [5, 5.41) is 2.86. The van der Waals surface area contributed by atoms with E-state index < -0.39 is 10.0 Å². The molecule has 160 valence electrons. The topological polar surface area (TPSA) is 90.0 Å². The molecular weight excluding hydrogens is 392 g/mol. The average Bonchev–Trinajstić information content (AvgIpc) is 3.09. The van der Waals surface area contributed by atoms with E-state index in [2.05, 4.69) is 10.2 Å². The van der Waals surface area contributed by atoms with E-state index in [1.807, 2.05) is 20.9 Å². The third-order valence-electron chi connectivity index (χ3n) is 5.64. The molecule has 1 unspecified atom stereocenters. The summed E-state index contributed by atoms with van der Waals surface area (Å²) in [5.74, 6) is -0.462. The van der Waals surface area contributed by atoms with Crippen molar-refractivity contribution in [2.45, 2.75) is 37.8 Å². The van der Waals surface area contributed by atoms with Gasteiger partial charge in [-0.15, -0.1) is 0 Å². The van der Waals surface area contributed by atoms with E-state index in [0.717, 1.165) is 18.7 Å². The van der Waals surface area contributed by atoms with Crippen LogP contribution in [0.3, 0.4) is 0 Å². The van der Waals surface area contributed by atoms with Crippen LogP contribution in [0.1, 0.15) is 25.8 Å². The number of likely N-dealkylation sites (tertiary alicyclic amines) is 1. The first-order valence-corrected chi connectivity index (χ1v) is 11.5. The van der Waals surface area contributed by atoms with Gasteiger partial charge in [0.05, 0.1) is 10.8 Å². The molecule has 3 rings (SSSR count). The van der Waals surface area contributed by atoms with Gasteiger partial charge in [-0.05, 0) is 38.6 Å². The Hall–Kier alpha value is -1.97. The number of nitrogens with one attached hydrogen (secondary N) is 1. The van der Waals surface area contributed by atoms with E-state index in [9.17, 15) is 18.0 Å². The van der Waals surface area contributed by atoms with Crippen molar-refractivity contribution < 1.29 is 18.0 Å². The maximum atomic E-state index is 12.8. The first-order chi connectivity index (χ1) is 13.7. The smallest absolute Gasteiger partial charge is 0.243 e. The third-order valence-corrected chi connectivity index (χ3v) is 7.56.